The van der Waals surface area contributed by atoms with Crippen LogP contribution in [0.25, 0.3) is 5.69 Å². The third-order valence-corrected chi connectivity index (χ3v) is 5.50. The fraction of sp³-hybridized carbons (Fsp3) is 0.294. The summed E-state index contributed by atoms with van der Waals surface area (Å²) in [6, 6.07) is 5.59. The van der Waals surface area contributed by atoms with Crippen molar-refractivity contribution in [1.29, 1.82) is 0 Å². The molecule has 0 saturated carbocycles. The smallest absolute Gasteiger partial charge is 0.233 e. The first-order valence-electron chi connectivity index (χ1n) is 7.99. The molecule has 1 N–H and O–H groups in total. The van der Waals surface area contributed by atoms with Gasteiger partial charge in [0.25, 0.3) is 0 Å². The third-order valence-electron chi connectivity index (χ3n) is 4.50. The molecule has 0 unspecified atom stereocenters. The number of rotatable bonds is 6. The second-order valence-corrected chi connectivity index (χ2v) is 7.88. The zero-order valence-electron chi connectivity index (χ0n) is 14.2. The fourth-order valence-electron chi connectivity index (χ4n) is 3.14. The molecule has 0 aliphatic carbocycles. The van der Waals surface area contributed by atoms with Crippen molar-refractivity contribution >= 4 is 15.9 Å². The molecule has 1 amide bonds. The molecule has 1 aliphatic rings. The van der Waals surface area contributed by atoms with Crippen LogP contribution in [0, 0.1) is 11.7 Å². The standard InChI is InChI=1S/C17H19FN4O3S/c1-3-26(24,25)20-10-12-8-16(23)21(2)17(12)13-9-19-22(11-13)15-6-4-14(18)5-7-15/h3-7,9,11-12,17,20H,1,8,10H2,2H3/t12-,17+/m1/s1. The number of likely N-dealkylation sites (tertiary alicyclic amines) is 1. The first kappa shape index (κ1) is 18.3. The molecule has 1 aliphatic heterocycles. The molecule has 9 heteroatoms. The van der Waals surface area contributed by atoms with Crippen molar-refractivity contribution in [3.8, 4) is 5.69 Å². The van der Waals surface area contributed by atoms with Gasteiger partial charge in [-0.3, -0.25) is 4.79 Å². The van der Waals surface area contributed by atoms with Crippen LogP contribution < -0.4 is 4.72 Å². The number of nitrogens with zero attached hydrogens (tertiary/aromatic N) is 3. The van der Waals surface area contributed by atoms with E-state index in [1.807, 2.05) is 0 Å². The van der Waals surface area contributed by atoms with Crippen LogP contribution in [0.5, 0.6) is 0 Å². The van der Waals surface area contributed by atoms with Crippen LogP contribution in [0.4, 0.5) is 4.39 Å². The molecule has 1 saturated heterocycles. The van der Waals surface area contributed by atoms with Gasteiger partial charge in [-0.1, -0.05) is 6.58 Å². The van der Waals surface area contributed by atoms with Gasteiger partial charge in [-0.2, -0.15) is 5.10 Å². The number of benzene rings is 1. The van der Waals surface area contributed by atoms with Gasteiger partial charge in [-0.25, -0.2) is 22.2 Å². The molecule has 1 fully saturated rings. The number of hydrogen-bond donors (Lipinski definition) is 1. The molecular formula is C17H19FN4O3S. The maximum absolute atomic E-state index is 13.1. The van der Waals surface area contributed by atoms with E-state index in [1.54, 1.807) is 41.2 Å². The fourth-order valence-corrected chi connectivity index (χ4v) is 3.70. The van der Waals surface area contributed by atoms with Gasteiger partial charge in [0.05, 0.1) is 17.9 Å². The highest BCUT2D eigenvalue weighted by Gasteiger charge is 2.39. The molecule has 2 atom stereocenters. The highest BCUT2D eigenvalue weighted by molar-refractivity contribution is 7.92. The van der Waals surface area contributed by atoms with Gasteiger partial charge < -0.3 is 4.90 Å². The summed E-state index contributed by atoms with van der Waals surface area (Å²) in [5, 5.41) is 5.12. The predicted molar refractivity (Wildman–Crippen MR) is 94.3 cm³/mol. The maximum Gasteiger partial charge on any atom is 0.233 e. The maximum atomic E-state index is 13.1. The number of hydrogen-bond acceptors (Lipinski definition) is 4. The van der Waals surface area contributed by atoms with Crippen molar-refractivity contribution in [3.05, 3.63) is 60.0 Å². The van der Waals surface area contributed by atoms with Crippen LogP contribution in [0.1, 0.15) is 18.0 Å². The number of carbonyl (C=O) groups excluding carboxylic acids is 1. The van der Waals surface area contributed by atoms with E-state index < -0.39 is 10.0 Å². The van der Waals surface area contributed by atoms with Gasteiger partial charge in [0, 0.05) is 43.1 Å². The summed E-state index contributed by atoms with van der Waals surface area (Å²) in [6.45, 7) is 3.38. The summed E-state index contributed by atoms with van der Waals surface area (Å²) in [5.41, 5.74) is 1.47. The lowest BCUT2D eigenvalue weighted by Gasteiger charge is -2.23. The summed E-state index contributed by atoms with van der Waals surface area (Å²) in [7, 11) is -1.88. The number of nitrogens with one attached hydrogen (secondary N) is 1. The molecule has 2 heterocycles. The van der Waals surface area contributed by atoms with Crippen molar-refractivity contribution in [3.63, 3.8) is 0 Å². The summed E-state index contributed by atoms with van der Waals surface area (Å²) in [6.07, 6.45) is 3.64. The molecule has 1 aromatic carbocycles. The third kappa shape index (κ3) is 3.68. The minimum atomic E-state index is -3.56. The zero-order chi connectivity index (χ0) is 18.9. The van der Waals surface area contributed by atoms with Crippen molar-refractivity contribution in [2.75, 3.05) is 13.6 Å². The molecule has 0 bridgehead atoms. The molecule has 0 radical (unpaired) electrons. The summed E-state index contributed by atoms with van der Waals surface area (Å²) in [4.78, 5) is 13.7. The summed E-state index contributed by atoms with van der Waals surface area (Å²) < 4.78 is 40.3. The molecular weight excluding hydrogens is 359 g/mol. The van der Waals surface area contributed by atoms with E-state index in [0.717, 1.165) is 11.0 Å². The van der Waals surface area contributed by atoms with E-state index >= 15 is 0 Å². The van der Waals surface area contributed by atoms with Crippen LogP contribution >= 0.6 is 0 Å². The van der Waals surface area contributed by atoms with Crippen molar-refractivity contribution < 1.29 is 17.6 Å². The quantitative estimate of drug-likeness (QED) is 0.827. The SMILES string of the molecule is C=CS(=O)(=O)NC[C@H]1CC(=O)N(C)[C@@H]1c1cnn(-c2ccc(F)cc2)c1. The average Bonchev–Trinajstić information content (AvgIpc) is 3.19. The van der Waals surface area contributed by atoms with Gasteiger partial charge in [-0.05, 0) is 24.3 Å². The van der Waals surface area contributed by atoms with Gasteiger partial charge in [0.15, 0.2) is 0 Å². The second kappa shape index (κ2) is 7.00. The predicted octanol–water partition coefficient (Wildman–Crippen LogP) is 1.59. The summed E-state index contributed by atoms with van der Waals surface area (Å²) >= 11 is 0. The van der Waals surface area contributed by atoms with E-state index in [1.165, 1.54) is 12.1 Å². The van der Waals surface area contributed by atoms with Crippen molar-refractivity contribution in [2.24, 2.45) is 5.92 Å². The van der Waals surface area contributed by atoms with Gasteiger partial charge in [0.2, 0.25) is 15.9 Å². The van der Waals surface area contributed by atoms with Gasteiger partial charge in [0.1, 0.15) is 5.82 Å². The lowest BCUT2D eigenvalue weighted by Crippen LogP contribution is -2.31. The van der Waals surface area contributed by atoms with Crippen LogP contribution in [-0.2, 0) is 14.8 Å². The first-order chi connectivity index (χ1) is 12.3. The summed E-state index contributed by atoms with van der Waals surface area (Å²) in [5.74, 6) is -0.628. The normalized spacial score (nSPS) is 20.5. The van der Waals surface area contributed by atoms with E-state index in [9.17, 15) is 17.6 Å². The average molecular weight is 378 g/mol. The Labute approximate surface area is 151 Å². The topological polar surface area (TPSA) is 84.3 Å². The molecule has 26 heavy (non-hydrogen) atoms. The first-order valence-corrected chi connectivity index (χ1v) is 9.53. The van der Waals surface area contributed by atoms with Crippen LogP contribution in [-0.4, -0.2) is 42.6 Å². The van der Waals surface area contributed by atoms with Crippen LogP contribution in [0.3, 0.4) is 0 Å². The van der Waals surface area contributed by atoms with Crippen molar-refractivity contribution in [1.82, 2.24) is 19.4 Å². The van der Waals surface area contributed by atoms with E-state index in [4.69, 9.17) is 0 Å². The molecule has 2 aromatic rings. The van der Waals surface area contributed by atoms with E-state index in [0.29, 0.717) is 5.69 Å². The molecule has 1 aromatic heterocycles. The minimum Gasteiger partial charge on any atom is -0.338 e. The number of sulfonamides is 1. The molecule has 0 spiro atoms. The second-order valence-electron chi connectivity index (χ2n) is 6.17. The Bertz CT molecular complexity index is 924. The number of carbonyl (C=O) groups is 1. The Morgan fingerprint density at radius 1 is 1.38 bits per heavy atom. The number of aromatic nitrogens is 2. The highest BCUT2D eigenvalue weighted by atomic mass is 32.2. The Morgan fingerprint density at radius 3 is 2.73 bits per heavy atom. The largest absolute Gasteiger partial charge is 0.338 e. The van der Waals surface area contributed by atoms with Crippen LogP contribution in [0.2, 0.25) is 0 Å². The number of amides is 1. The lowest BCUT2D eigenvalue weighted by molar-refractivity contribution is -0.127. The molecule has 7 nitrogen and oxygen atoms in total. The lowest BCUT2D eigenvalue weighted by atomic mass is 9.96. The molecule has 138 valence electrons. The van der Waals surface area contributed by atoms with Gasteiger partial charge in [-0.15, -0.1) is 0 Å². The van der Waals surface area contributed by atoms with Crippen molar-refractivity contribution in [2.45, 2.75) is 12.5 Å². The Kier molecular flexibility index (Phi) is 4.92. The Balaban J connectivity index is 1.84. The monoisotopic (exact) mass is 378 g/mol. The molecule has 3 rings (SSSR count). The Morgan fingerprint density at radius 2 is 2.08 bits per heavy atom. The Hall–Kier alpha value is -2.52. The van der Waals surface area contributed by atoms with Gasteiger partial charge >= 0.3 is 0 Å². The zero-order valence-corrected chi connectivity index (χ0v) is 15.0. The van der Waals surface area contributed by atoms with Crippen LogP contribution in [0.15, 0.2) is 48.6 Å². The van der Waals surface area contributed by atoms with E-state index in [2.05, 4.69) is 16.4 Å². The highest BCUT2D eigenvalue weighted by Crippen LogP contribution is 2.36. The minimum absolute atomic E-state index is 0.0627. The number of halogens is 1. The van der Waals surface area contributed by atoms with E-state index in [-0.39, 0.29) is 36.6 Å².